The molecule has 0 unspecified atom stereocenters. The third-order valence-electron chi connectivity index (χ3n) is 3.45. The molecule has 0 saturated heterocycles. The Kier molecular flexibility index (Phi) is 5.58. The molecule has 0 saturated carbocycles. The summed E-state index contributed by atoms with van der Waals surface area (Å²) >= 11 is 0. The number of ether oxygens (including phenoxy) is 2. The van der Waals surface area contributed by atoms with Crippen molar-refractivity contribution in [2.75, 3.05) is 12.4 Å². The van der Waals surface area contributed by atoms with E-state index in [1.807, 2.05) is 32.0 Å². The first-order valence-corrected chi connectivity index (χ1v) is 7.63. The van der Waals surface area contributed by atoms with E-state index in [0.717, 1.165) is 11.1 Å². The summed E-state index contributed by atoms with van der Waals surface area (Å²) in [4.78, 5) is 23.6. The highest BCUT2D eigenvalue weighted by Crippen LogP contribution is 2.18. The topological polar surface area (TPSA) is 64.6 Å². The monoisotopic (exact) mass is 327 g/mol. The molecule has 0 aliphatic rings. The number of carbonyl (C=O) groups is 2. The number of rotatable bonds is 5. The minimum atomic E-state index is -0.647. The zero-order valence-corrected chi connectivity index (χ0v) is 14.3. The molecule has 5 nitrogen and oxygen atoms in total. The van der Waals surface area contributed by atoms with Crippen molar-refractivity contribution in [3.63, 3.8) is 0 Å². The Morgan fingerprint density at radius 3 is 2.12 bits per heavy atom. The number of methoxy groups -OCH3 is 1. The molecule has 2 aromatic rings. The van der Waals surface area contributed by atoms with E-state index in [-0.39, 0.29) is 5.91 Å². The summed E-state index contributed by atoms with van der Waals surface area (Å²) in [6.07, 6.45) is -0.647. The van der Waals surface area contributed by atoms with E-state index >= 15 is 0 Å². The lowest BCUT2D eigenvalue weighted by Crippen LogP contribution is -2.30. The molecule has 0 aliphatic carbocycles. The predicted molar refractivity (Wildman–Crippen MR) is 92.4 cm³/mol. The number of nitrogens with one attached hydrogen (secondary N) is 1. The average molecular weight is 327 g/mol. The third-order valence-corrected chi connectivity index (χ3v) is 3.45. The van der Waals surface area contributed by atoms with Crippen LogP contribution in [0.2, 0.25) is 0 Å². The lowest BCUT2D eigenvalue weighted by Gasteiger charge is -2.15. The fraction of sp³-hybridized carbons (Fsp3) is 0.263. The smallest absolute Gasteiger partial charge is 0.337 e. The third kappa shape index (κ3) is 4.59. The van der Waals surface area contributed by atoms with Gasteiger partial charge in [0.1, 0.15) is 5.75 Å². The molecule has 2 rings (SSSR count). The summed E-state index contributed by atoms with van der Waals surface area (Å²) in [6.45, 7) is 5.65. The van der Waals surface area contributed by atoms with Crippen molar-refractivity contribution >= 4 is 17.6 Å². The van der Waals surface area contributed by atoms with Crippen LogP contribution in [0.15, 0.2) is 42.5 Å². The van der Waals surface area contributed by atoms with Crippen molar-refractivity contribution in [2.24, 2.45) is 0 Å². The Morgan fingerprint density at radius 1 is 1.00 bits per heavy atom. The summed E-state index contributed by atoms with van der Waals surface area (Å²) < 4.78 is 10.3. The lowest BCUT2D eigenvalue weighted by atomic mass is 10.1. The molecule has 0 aromatic heterocycles. The van der Waals surface area contributed by atoms with E-state index in [0.29, 0.717) is 17.0 Å². The van der Waals surface area contributed by atoms with Gasteiger partial charge < -0.3 is 14.8 Å². The normalized spacial score (nSPS) is 11.5. The minimum absolute atomic E-state index is 0.264. The van der Waals surface area contributed by atoms with E-state index < -0.39 is 12.1 Å². The van der Waals surface area contributed by atoms with Crippen LogP contribution in [0.5, 0.6) is 5.75 Å². The van der Waals surface area contributed by atoms with Crippen molar-refractivity contribution < 1.29 is 19.1 Å². The Bertz CT molecular complexity index is 717. The standard InChI is InChI=1S/C19H21NO4/c1-12-9-13(2)11-17(10-12)24-14(3)18(21)20-16-7-5-15(6-8-16)19(22)23-4/h5-11,14H,1-4H3,(H,20,21)/t14-/m1/s1. The Morgan fingerprint density at radius 2 is 1.58 bits per heavy atom. The van der Waals surface area contributed by atoms with Crippen LogP contribution in [0.25, 0.3) is 0 Å². The highest BCUT2D eigenvalue weighted by molar-refractivity contribution is 5.95. The van der Waals surface area contributed by atoms with Gasteiger partial charge in [0.25, 0.3) is 5.91 Å². The maximum absolute atomic E-state index is 12.2. The maximum Gasteiger partial charge on any atom is 0.337 e. The van der Waals surface area contributed by atoms with Crippen LogP contribution in [-0.2, 0) is 9.53 Å². The van der Waals surface area contributed by atoms with Crippen LogP contribution >= 0.6 is 0 Å². The van der Waals surface area contributed by atoms with Gasteiger partial charge >= 0.3 is 5.97 Å². The second-order valence-electron chi connectivity index (χ2n) is 5.64. The molecule has 1 amide bonds. The van der Waals surface area contributed by atoms with Gasteiger partial charge in [0.15, 0.2) is 6.10 Å². The number of anilines is 1. The van der Waals surface area contributed by atoms with Gasteiger partial charge in [-0.3, -0.25) is 4.79 Å². The van der Waals surface area contributed by atoms with Gasteiger partial charge in [-0.05, 0) is 68.3 Å². The first kappa shape index (κ1) is 17.5. The van der Waals surface area contributed by atoms with Crippen molar-refractivity contribution in [2.45, 2.75) is 26.9 Å². The van der Waals surface area contributed by atoms with E-state index in [9.17, 15) is 9.59 Å². The fourth-order valence-electron chi connectivity index (χ4n) is 2.31. The molecule has 24 heavy (non-hydrogen) atoms. The van der Waals surface area contributed by atoms with Gasteiger partial charge in [0, 0.05) is 5.69 Å². The fourth-order valence-corrected chi connectivity index (χ4v) is 2.31. The summed E-state index contributed by atoms with van der Waals surface area (Å²) in [5.41, 5.74) is 3.17. The number of benzene rings is 2. The van der Waals surface area contributed by atoms with Gasteiger partial charge in [-0.15, -0.1) is 0 Å². The summed E-state index contributed by atoms with van der Waals surface area (Å²) in [7, 11) is 1.32. The van der Waals surface area contributed by atoms with E-state index in [1.165, 1.54) is 7.11 Å². The molecule has 0 fully saturated rings. The molecular weight excluding hydrogens is 306 g/mol. The summed E-state index contributed by atoms with van der Waals surface area (Å²) in [5, 5.41) is 2.76. The molecule has 5 heteroatoms. The molecule has 126 valence electrons. The lowest BCUT2D eigenvalue weighted by molar-refractivity contribution is -0.122. The number of hydrogen-bond donors (Lipinski definition) is 1. The van der Waals surface area contributed by atoms with Crippen LogP contribution in [0, 0.1) is 13.8 Å². The number of amides is 1. The highest BCUT2D eigenvalue weighted by atomic mass is 16.5. The van der Waals surface area contributed by atoms with E-state index in [4.69, 9.17) is 4.74 Å². The number of esters is 1. The Hall–Kier alpha value is -2.82. The average Bonchev–Trinajstić information content (AvgIpc) is 2.53. The van der Waals surface area contributed by atoms with Crippen LogP contribution in [0.4, 0.5) is 5.69 Å². The molecular formula is C19H21NO4. The first-order chi connectivity index (χ1) is 11.4. The highest BCUT2D eigenvalue weighted by Gasteiger charge is 2.15. The van der Waals surface area contributed by atoms with Crippen LogP contribution in [0.1, 0.15) is 28.4 Å². The minimum Gasteiger partial charge on any atom is -0.481 e. The number of carbonyl (C=O) groups excluding carboxylic acids is 2. The van der Waals surface area contributed by atoms with E-state index in [1.54, 1.807) is 31.2 Å². The van der Waals surface area contributed by atoms with Crippen LogP contribution < -0.4 is 10.1 Å². The second-order valence-corrected chi connectivity index (χ2v) is 5.64. The van der Waals surface area contributed by atoms with Gasteiger partial charge in [-0.25, -0.2) is 4.79 Å². The quantitative estimate of drug-likeness (QED) is 0.854. The van der Waals surface area contributed by atoms with Crippen LogP contribution in [-0.4, -0.2) is 25.1 Å². The number of hydrogen-bond acceptors (Lipinski definition) is 4. The van der Waals surface area contributed by atoms with Gasteiger partial charge in [-0.1, -0.05) is 6.07 Å². The SMILES string of the molecule is COC(=O)c1ccc(NC(=O)[C@@H](C)Oc2cc(C)cc(C)c2)cc1. The first-order valence-electron chi connectivity index (χ1n) is 7.63. The molecule has 0 heterocycles. The Balaban J connectivity index is 1.99. The largest absolute Gasteiger partial charge is 0.481 e. The second kappa shape index (κ2) is 7.64. The molecule has 0 bridgehead atoms. The van der Waals surface area contributed by atoms with Gasteiger partial charge in [-0.2, -0.15) is 0 Å². The molecule has 2 aromatic carbocycles. The van der Waals surface area contributed by atoms with Crippen molar-refractivity contribution in [3.8, 4) is 5.75 Å². The molecule has 0 spiro atoms. The van der Waals surface area contributed by atoms with Crippen molar-refractivity contribution in [1.82, 2.24) is 0 Å². The molecule has 1 atom stereocenters. The van der Waals surface area contributed by atoms with E-state index in [2.05, 4.69) is 10.1 Å². The predicted octanol–water partition coefficient (Wildman–Crippen LogP) is 3.50. The van der Waals surface area contributed by atoms with Crippen molar-refractivity contribution in [3.05, 3.63) is 59.2 Å². The van der Waals surface area contributed by atoms with Crippen LogP contribution in [0.3, 0.4) is 0 Å². The zero-order chi connectivity index (χ0) is 17.7. The van der Waals surface area contributed by atoms with Crippen molar-refractivity contribution in [1.29, 1.82) is 0 Å². The van der Waals surface area contributed by atoms with Gasteiger partial charge in [0.2, 0.25) is 0 Å². The molecule has 0 radical (unpaired) electrons. The van der Waals surface area contributed by atoms with Gasteiger partial charge in [0.05, 0.1) is 12.7 Å². The summed E-state index contributed by atoms with van der Waals surface area (Å²) in [5.74, 6) is -0.0180. The summed E-state index contributed by atoms with van der Waals surface area (Å²) in [6, 6.07) is 12.3. The molecule has 0 aliphatic heterocycles. The number of aryl methyl sites for hydroxylation is 2. The maximum atomic E-state index is 12.2. The molecule has 1 N–H and O–H groups in total. The zero-order valence-electron chi connectivity index (χ0n) is 14.3. The Labute approximate surface area is 141 Å².